The molecule has 1 rings (SSSR count). The van der Waals surface area contributed by atoms with Crippen molar-refractivity contribution in [2.45, 2.75) is 59.5 Å². The van der Waals surface area contributed by atoms with Crippen LogP contribution in [-0.4, -0.2) is 29.7 Å². The van der Waals surface area contributed by atoms with Gasteiger partial charge in [-0.15, -0.1) is 0 Å². The van der Waals surface area contributed by atoms with Crippen molar-refractivity contribution in [2.24, 2.45) is 0 Å². The van der Waals surface area contributed by atoms with Crippen LogP contribution in [0.4, 0.5) is 5.69 Å². The van der Waals surface area contributed by atoms with E-state index in [0.29, 0.717) is 31.2 Å². The lowest BCUT2D eigenvalue weighted by atomic mass is 9.99. The van der Waals surface area contributed by atoms with E-state index in [1.807, 2.05) is 40.7 Å². The molecule has 0 radical (unpaired) electrons. The molecule has 1 aromatic heterocycles. The maximum absolute atomic E-state index is 12.6. The van der Waals surface area contributed by atoms with Crippen LogP contribution in [0.15, 0.2) is 12.3 Å². The minimum Gasteiger partial charge on any atom is -0.478 e. The number of amides is 1. The van der Waals surface area contributed by atoms with E-state index in [9.17, 15) is 4.79 Å². The molecule has 124 valence electrons. The highest BCUT2D eigenvalue weighted by molar-refractivity contribution is 5.97. The van der Waals surface area contributed by atoms with Gasteiger partial charge in [-0.2, -0.15) is 0 Å². The van der Waals surface area contributed by atoms with Crippen molar-refractivity contribution in [3.63, 3.8) is 0 Å². The van der Waals surface area contributed by atoms with Crippen LogP contribution in [0, 0.1) is 6.92 Å². The molecule has 0 unspecified atom stereocenters. The van der Waals surface area contributed by atoms with Gasteiger partial charge in [-0.1, -0.05) is 20.3 Å². The van der Waals surface area contributed by atoms with E-state index in [1.54, 1.807) is 6.20 Å². The zero-order valence-electron chi connectivity index (χ0n) is 14.4. The Labute approximate surface area is 133 Å². The van der Waals surface area contributed by atoms with Gasteiger partial charge in [0.25, 0.3) is 5.91 Å². The van der Waals surface area contributed by atoms with Gasteiger partial charge in [0.1, 0.15) is 5.60 Å². The van der Waals surface area contributed by atoms with E-state index in [4.69, 9.17) is 9.47 Å². The number of carbonyl (C=O) groups excluding carboxylic acids is 1. The molecule has 0 saturated carbocycles. The summed E-state index contributed by atoms with van der Waals surface area (Å²) in [7, 11) is 0. The predicted octanol–water partition coefficient (Wildman–Crippen LogP) is 3.71. The summed E-state index contributed by atoms with van der Waals surface area (Å²) >= 11 is 0. The second-order valence-electron chi connectivity index (χ2n) is 5.56. The van der Waals surface area contributed by atoms with Crippen LogP contribution < -0.4 is 10.1 Å². The van der Waals surface area contributed by atoms with E-state index in [-0.39, 0.29) is 5.91 Å². The van der Waals surface area contributed by atoms with Gasteiger partial charge in [0.2, 0.25) is 5.88 Å². The quantitative estimate of drug-likeness (QED) is 0.755. The van der Waals surface area contributed by atoms with Crippen LogP contribution in [-0.2, 0) is 9.53 Å². The van der Waals surface area contributed by atoms with Gasteiger partial charge in [-0.3, -0.25) is 4.79 Å². The van der Waals surface area contributed by atoms with Gasteiger partial charge >= 0.3 is 0 Å². The fourth-order valence-electron chi connectivity index (χ4n) is 2.24. The van der Waals surface area contributed by atoms with Crippen LogP contribution in [0.25, 0.3) is 0 Å². The maximum Gasteiger partial charge on any atom is 0.256 e. The first kappa shape index (κ1) is 18.4. The highest BCUT2D eigenvalue weighted by Crippen LogP contribution is 2.23. The highest BCUT2D eigenvalue weighted by atomic mass is 16.5. The Morgan fingerprint density at radius 1 is 1.32 bits per heavy atom. The molecule has 0 aliphatic rings. The van der Waals surface area contributed by atoms with Crippen LogP contribution in [0.5, 0.6) is 5.88 Å². The number of hydrogen-bond acceptors (Lipinski definition) is 4. The lowest BCUT2D eigenvalue weighted by Crippen LogP contribution is -2.43. The first-order valence-electron chi connectivity index (χ1n) is 8.01. The Morgan fingerprint density at radius 3 is 2.59 bits per heavy atom. The van der Waals surface area contributed by atoms with Crippen LogP contribution in [0.1, 0.15) is 52.5 Å². The fourth-order valence-corrected chi connectivity index (χ4v) is 2.24. The molecule has 0 saturated heterocycles. The third kappa shape index (κ3) is 4.98. The zero-order valence-corrected chi connectivity index (χ0v) is 14.4. The van der Waals surface area contributed by atoms with Crippen molar-refractivity contribution < 1.29 is 14.3 Å². The Kier molecular flexibility index (Phi) is 7.32. The molecule has 1 amide bonds. The first-order valence-corrected chi connectivity index (χ1v) is 8.01. The molecular weight excluding hydrogens is 280 g/mol. The fraction of sp³-hybridized carbons (Fsp3) is 0.647. The van der Waals surface area contributed by atoms with E-state index in [2.05, 4.69) is 10.3 Å². The summed E-state index contributed by atoms with van der Waals surface area (Å²) in [6.07, 6.45) is 4.06. The minimum absolute atomic E-state index is 0.131. The molecular formula is C17H28N2O3. The van der Waals surface area contributed by atoms with Crippen molar-refractivity contribution in [3.05, 3.63) is 17.8 Å². The Morgan fingerprint density at radius 2 is 2.05 bits per heavy atom. The average molecular weight is 308 g/mol. The molecule has 5 nitrogen and oxygen atoms in total. The summed E-state index contributed by atoms with van der Waals surface area (Å²) in [6.45, 7) is 10.9. The number of carbonyl (C=O) groups is 1. The molecule has 0 aliphatic heterocycles. The van der Waals surface area contributed by atoms with E-state index < -0.39 is 5.60 Å². The van der Waals surface area contributed by atoms with Gasteiger partial charge in [0.05, 0.1) is 18.5 Å². The Hall–Kier alpha value is -1.62. The van der Waals surface area contributed by atoms with Crippen molar-refractivity contribution in [2.75, 3.05) is 18.5 Å². The SMILES string of the molecule is CCCO[C@@](C)(CCC)C(=O)Nc1cnc(OCC)c(C)c1. The number of rotatable bonds is 9. The van der Waals surface area contributed by atoms with Gasteiger partial charge in [0, 0.05) is 12.2 Å². The number of ether oxygens (including phenoxy) is 2. The largest absolute Gasteiger partial charge is 0.478 e. The van der Waals surface area contributed by atoms with E-state index >= 15 is 0 Å². The van der Waals surface area contributed by atoms with Crippen molar-refractivity contribution in [3.8, 4) is 5.88 Å². The predicted molar refractivity (Wildman–Crippen MR) is 88.3 cm³/mol. The number of aryl methyl sites for hydroxylation is 1. The van der Waals surface area contributed by atoms with Gasteiger partial charge in [-0.25, -0.2) is 4.98 Å². The molecule has 1 heterocycles. The maximum atomic E-state index is 12.6. The third-order valence-corrected chi connectivity index (χ3v) is 3.40. The van der Waals surface area contributed by atoms with E-state index in [1.165, 1.54) is 0 Å². The minimum atomic E-state index is -0.808. The summed E-state index contributed by atoms with van der Waals surface area (Å²) in [6, 6.07) is 1.86. The third-order valence-electron chi connectivity index (χ3n) is 3.40. The topological polar surface area (TPSA) is 60.5 Å². The number of aromatic nitrogens is 1. The second kappa shape index (κ2) is 8.73. The van der Waals surface area contributed by atoms with Gasteiger partial charge in [0.15, 0.2) is 0 Å². The lowest BCUT2D eigenvalue weighted by Gasteiger charge is -2.28. The first-order chi connectivity index (χ1) is 10.5. The number of nitrogens with zero attached hydrogens (tertiary/aromatic N) is 1. The summed E-state index contributed by atoms with van der Waals surface area (Å²) in [5.74, 6) is 0.465. The highest BCUT2D eigenvalue weighted by Gasteiger charge is 2.33. The number of pyridine rings is 1. The molecule has 1 aromatic rings. The smallest absolute Gasteiger partial charge is 0.256 e. The molecule has 1 atom stereocenters. The molecule has 0 spiro atoms. The normalized spacial score (nSPS) is 13.5. The number of hydrogen-bond donors (Lipinski definition) is 1. The molecule has 22 heavy (non-hydrogen) atoms. The molecule has 1 N–H and O–H groups in total. The summed E-state index contributed by atoms with van der Waals surface area (Å²) in [5.41, 5.74) is 0.747. The average Bonchev–Trinajstić information content (AvgIpc) is 2.48. The molecule has 5 heteroatoms. The van der Waals surface area contributed by atoms with Crippen molar-refractivity contribution >= 4 is 11.6 Å². The molecule has 0 aliphatic carbocycles. The Balaban J connectivity index is 2.82. The van der Waals surface area contributed by atoms with Crippen molar-refractivity contribution in [1.29, 1.82) is 0 Å². The summed E-state index contributed by atoms with van der Waals surface area (Å²) in [5, 5.41) is 2.90. The van der Waals surface area contributed by atoms with E-state index in [0.717, 1.165) is 18.4 Å². The molecule has 0 aromatic carbocycles. The lowest BCUT2D eigenvalue weighted by molar-refractivity contribution is -0.140. The number of nitrogens with one attached hydrogen (secondary N) is 1. The second-order valence-corrected chi connectivity index (χ2v) is 5.56. The monoisotopic (exact) mass is 308 g/mol. The van der Waals surface area contributed by atoms with Crippen LogP contribution >= 0.6 is 0 Å². The molecule has 0 bridgehead atoms. The van der Waals surface area contributed by atoms with Crippen LogP contribution in [0.2, 0.25) is 0 Å². The zero-order chi connectivity index (χ0) is 16.6. The standard InChI is InChI=1S/C17H28N2O3/c1-6-9-17(5,22-10-7-2)16(20)19-14-11-13(4)15(18-12-14)21-8-3/h11-12H,6-10H2,1-5H3,(H,19,20)/t17-/m0/s1. The van der Waals surface area contributed by atoms with Crippen molar-refractivity contribution in [1.82, 2.24) is 4.98 Å². The number of anilines is 1. The summed E-state index contributed by atoms with van der Waals surface area (Å²) < 4.78 is 11.2. The van der Waals surface area contributed by atoms with Gasteiger partial charge < -0.3 is 14.8 Å². The molecule has 0 fully saturated rings. The van der Waals surface area contributed by atoms with Crippen LogP contribution in [0.3, 0.4) is 0 Å². The Bertz CT molecular complexity index is 491. The van der Waals surface area contributed by atoms with Gasteiger partial charge in [-0.05, 0) is 39.7 Å². The summed E-state index contributed by atoms with van der Waals surface area (Å²) in [4.78, 5) is 16.8.